The predicted molar refractivity (Wildman–Crippen MR) is 75.3 cm³/mol. The minimum absolute atomic E-state index is 0.269. The van der Waals surface area contributed by atoms with Gasteiger partial charge >= 0.3 is 0 Å². The average Bonchev–Trinajstić information content (AvgIpc) is 2.26. The van der Waals surface area contributed by atoms with Gasteiger partial charge in [-0.15, -0.1) is 0 Å². The predicted octanol–water partition coefficient (Wildman–Crippen LogP) is 4.10. The average molecular weight is 276 g/mol. The van der Waals surface area contributed by atoms with Crippen molar-refractivity contribution >= 4 is 23.4 Å². The van der Waals surface area contributed by atoms with Crippen LogP contribution < -0.4 is 5.32 Å². The normalized spacial score (nSPS) is 10.8. The first-order valence-electron chi connectivity index (χ1n) is 5.87. The van der Waals surface area contributed by atoms with E-state index in [4.69, 9.17) is 11.6 Å². The number of thioether (sulfide) groups is 1. The Morgan fingerprint density at radius 2 is 2.06 bits per heavy atom. The van der Waals surface area contributed by atoms with E-state index in [0.29, 0.717) is 11.6 Å². The van der Waals surface area contributed by atoms with Crippen LogP contribution in [0.2, 0.25) is 5.02 Å². The molecule has 0 atom stereocenters. The van der Waals surface area contributed by atoms with E-state index >= 15 is 0 Å². The zero-order valence-corrected chi connectivity index (χ0v) is 11.7. The minimum atomic E-state index is -0.269. The van der Waals surface area contributed by atoms with Gasteiger partial charge in [-0.1, -0.05) is 18.0 Å². The van der Waals surface area contributed by atoms with Crippen LogP contribution >= 0.6 is 23.4 Å². The molecule has 96 valence electrons. The highest BCUT2D eigenvalue weighted by molar-refractivity contribution is 7.98. The fourth-order valence-electron chi connectivity index (χ4n) is 1.62. The van der Waals surface area contributed by atoms with Gasteiger partial charge in [0.05, 0.1) is 0 Å². The summed E-state index contributed by atoms with van der Waals surface area (Å²) in [6.45, 7) is 1.66. The van der Waals surface area contributed by atoms with Crippen LogP contribution in [0.1, 0.15) is 24.8 Å². The van der Waals surface area contributed by atoms with E-state index in [2.05, 4.69) is 11.6 Å². The van der Waals surface area contributed by atoms with Crippen molar-refractivity contribution in [1.29, 1.82) is 0 Å². The number of benzene rings is 1. The van der Waals surface area contributed by atoms with Crippen LogP contribution in [0.3, 0.4) is 0 Å². The number of hydrogen-bond acceptors (Lipinski definition) is 2. The van der Waals surface area contributed by atoms with Gasteiger partial charge in [-0.3, -0.25) is 0 Å². The number of unbranched alkanes of at least 4 members (excludes halogenated alkanes) is 2. The molecule has 1 rings (SSSR count). The van der Waals surface area contributed by atoms with Crippen LogP contribution in [-0.2, 0) is 6.54 Å². The van der Waals surface area contributed by atoms with Gasteiger partial charge in [-0.2, -0.15) is 11.8 Å². The zero-order chi connectivity index (χ0) is 12.5. The molecular formula is C13H19ClFNS. The fraction of sp³-hybridized carbons (Fsp3) is 0.538. The van der Waals surface area contributed by atoms with Crippen LogP contribution in [-0.4, -0.2) is 18.6 Å². The third kappa shape index (κ3) is 6.92. The molecule has 4 heteroatoms. The van der Waals surface area contributed by atoms with E-state index in [9.17, 15) is 4.39 Å². The summed E-state index contributed by atoms with van der Waals surface area (Å²) in [7, 11) is 0. The Balaban J connectivity index is 2.13. The van der Waals surface area contributed by atoms with Gasteiger partial charge in [0.25, 0.3) is 0 Å². The summed E-state index contributed by atoms with van der Waals surface area (Å²) in [6, 6.07) is 4.64. The second-order valence-electron chi connectivity index (χ2n) is 4.01. The van der Waals surface area contributed by atoms with E-state index in [1.165, 1.54) is 37.1 Å². The molecule has 0 heterocycles. The molecule has 0 radical (unpaired) electrons. The maximum absolute atomic E-state index is 13.0. The van der Waals surface area contributed by atoms with Gasteiger partial charge in [0.1, 0.15) is 5.82 Å². The maximum atomic E-state index is 13.0. The van der Waals surface area contributed by atoms with Gasteiger partial charge in [0.2, 0.25) is 0 Å². The van der Waals surface area contributed by atoms with Crippen LogP contribution in [0.5, 0.6) is 0 Å². The van der Waals surface area contributed by atoms with Crippen LogP contribution in [0, 0.1) is 5.82 Å². The minimum Gasteiger partial charge on any atom is -0.313 e. The molecule has 1 aromatic carbocycles. The molecule has 1 N–H and O–H groups in total. The van der Waals surface area contributed by atoms with Crippen molar-refractivity contribution in [3.63, 3.8) is 0 Å². The quantitative estimate of drug-likeness (QED) is 0.717. The summed E-state index contributed by atoms with van der Waals surface area (Å²) < 4.78 is 13.0. The number of rotatable bonds is 8. The Bertz CT molecular complexity index is 313. The molecule has 0 aliphatic carbocycles. The summed E-state index contributed by atoms with van der Waals surface area (Å²) in [4.78, 5) is 0. The molecule has 17 heavy (non-hydrogen) atoms. The highest BCUT2D eigenvalue weighted by Gasteiger charge is 1.98. The molecule has 0 aliphatic heterocycles. The molecule has 0 unspecified atom stereocenters. The summed E-state index contributed by atoms with van der Waals surface area (Å²) in [6.07, 6.45) is 5.82. The molecule has 0 bridgehead atoms. The molecule has 0 aromatic heterocycles. The lowest BCUT2D eigenvalue weighted by Crippen LogP contribution is -2.14. The first-order chi connectivity index (χ1) is 8.22. The van der Waals surface area contributed by atoms with Crippen molar-refractivity contribution in [2.45, 2.75) is 25.8 Å². The topological polar surface area (TPSA) is 12.0 Å². The SMILES string of the molecule is CSCCCCCNCc1cc(F)cc(Cl)c1. The first-order valence-corrected chi connectivity index (χ1v) is 7.64. The lowest BCUT2D eigenvalue weighted by Gasteiger charge is -2.05. The molecular weight excluding hydrogens is 257 g/mol. The lowest BCUT2D eigenvalue weighted by atomic mass is 10.2. The van der Waals surface area contributed by atoms with Crippen molar-refractivity contribution in [3.8, 4) is 0 Å². The monoisotopic (exact) mass is 275 g/mol. The largest absolute Gasteiger partial charge is 0.313 e. The van der Waals surface area contributed by atoms with E-state index in [1.54, 1.807) is 6.07 Å². The molecule has 1 aromatic rings. The van der Waals surface area contributed by atoms with E-state index in [-0.39, 0.29) is 5.82 Å². The number of halogens is 2. The van der Waals surface area contributed by atoms with Gasteiger partial charge < -0.3 is 5.32 Å². The number of nitrogens with one attached hydrogen (secondary N) is 1. The van der Waals surface area contributed by atoms with Gasteiger partial charge in [0, 0.05) is 11.6 Å². The molecule has 1 nitrogen and oxygen atoms in total. The summed E-state index contributed by atoms with van der Waals surface area (Å²) in [5.41, 5.74) is 0.902. The molecule has 0 amide bonds. The zero-order valence-electron chi connectivity index (χ0n) is 10.1. The Morgan fingerprint density at radius 1 is 1.24 bits per heavy atom. The standard InChI is InChI=1S/C13H19ClFNS/c1-17-6-4-2-3-5-16-10-11-7-12(14)9-13(15)8-11/h7-9,16H,2-6,10H2,1H3. The van der Waals surface area contributed by atoms with E-state index in [0.717, 1.165) is 12.1 Å². The van der Waals surface area contributed by atoms with Crippen molar-refractivity contribution in [2.24, 2.45) is 0 Å². The smallest absolute Gasteiger partial charge is 0.125 e. The van der Waals surface area contributed by atoms with Crippen molar-refractivity contribution in [3.05, 3.63) is 34.6 Å². The molecule has 0 saturated heterocycles. The highest BCUT2D eigenvalue weighted by Crippen LogP contribution is 2.13. The molecule has 0 fully saturated rings. The summed E-state index contributed by atoms with van der Waals surface area (Å²) >= 11 is 7.67. The maximum Gasteiger partial charge on any atom is 0.125 e. The summed E-state index contributed by atoms with van der Waals surface area (Å²) in [5.74, 6) is 0.966. The second kappa shape index (κ2) is 8.78. The van der Waals surface area contributed by atoms with E-state index < -0.39 is 0 Å². The second-order valence-corrected chi connectivity index (χ2v) is 5.43. The van der Waals surface area contributed by atoms with Gasteiger partial charge in [-0.05, 0) is 55.2 Å². The third-order valence-corrected chi connectivity index (χ3v) is 3.37. The Morgan fingerprint density at radius 3 is 2.76 bits per heavy atom. The van der Waals surface area contributed by atoms with Gasteiger partial charge in [0.15, 0.2) is 0 Å². The van der Waals surface area contributed by atoms with E-state index in [1.807, 2.05) is 11.8 Å². The number of hydrogen-bond donors (Lipinski definition) is 1. The highest BCUT2D eigenvalue weighted by atomic mass is 35.5. The summed E-state index contributed by atoms with van der Waals surface area (Å²) in [5, 5.41) is 3.76. The van der Waals surface area contributed by atoms with Crippen molar-refractivity contribution in [2.75, 3.05) is 18.6 Å². The fourth-order valence-corrected chi connectivity index (χ4v) is 2.36. The molecule has 0 spiro atoms. The van der Waals surface area contributed by atoms with Gasteiger partial charge in [-0.25, -0.2) is 4.39 Å². The van der Waals surface area contributed by atoms with Crippen molar-refractivity contribution in [1.82, 2.24) is 5.32 Å². The third-order valence-electron chi connectivity index (χ3n) is 2.45. The lowest BCUT2D eigenvalue weighted by molar-refractivity contribution is 0.606. The Labute approximate surface area is 112 Å². The molecule has 0 saturated carbocycles. The Hall–Kier alpha value is -0.250. The first kappa shape index (κ1) is 14.8. The van der Waals surface area contributed by atoms with Crippen molar-refractivity contribution < 1.29 is 4.39 Å². The van der Waals surface area contributed by atoms with Crippen LogP contribution in [0.4, 0.5) is 4.39 Å². The Kier molecular flexibility index (Phi) is 7.65. The van der Waals surface area contributed by atoms with Crippen LogP contribution in [0.15, 0.2) is 18.2 Å². The molecule has 0 aliphatic rings. The van der Waals surface area contributed by atoms with Crippen LogP contribution in [0.25, 0.3) is 0 Å².